The minimum absolute atomic E-state index is 0.202. The number of hydrogen-bond donors (Lipinski definition) is 0. The molecule has 4 heteroatoms. The lowest BCUT2D eigenvalue weighted by molar-refractivity contribution is 0.745. The first-order valence-electron chi connectivity index (χ1n) is 22.3. The topological polar surface area (TPSA) is 33.4 Å². The van der Waals surface area contributed by atoms with Crippen LogP contribution in [-0.4, -0.2) is 21.3 Å². The lowest BCUT2D eigenvalue weighted by Gasteiger charge is -2.29. The van der Waals surface area contributed by atoms with Gasteiger partial charge in [0.1, 0.15) is 0 Å². The van der Waals surface area contributed by atoms with E-state index in [9.17, 15) is 0 Å². The van der Waals surface area contributed by atoms with Crippen LogP contribution in [-0.2, 0) is 6.42 Å². The molecule has 2 unspecified atom stereocenters. The first-order chi connectivity index (χ1) is 30.8. The first kappa shape index (κ1) is 35.5. The summed E-state index contributed by atoms with van der Waals surface area (Å²) in [5, 5.41) is 6.12. The van der Waals surface area contributed by atoms with Crippen LogP contribution in [0, 0.1) is 0 Å². The summed E-state index contributed by atoms with van der Waals surface area (Å²) in [7, 11) is 0. The van der Waals surface area contributed by atoms with Gasteiger partial charge in [0.2, 0.25) is 0 Å². The molecular formula is C58H44N4. The highest BCUT2D eigenvalue weighted by molar-refractivity contribution is 6.15. The number of pyridine rings is 1. The smallest absolute Gasteiger partial charge is 0.0975 e. The van der Waals surface area contributed by atoms with Crippen LogP contribution >= 0.6 is 0 Å². The standard InChI is InChI=1S/C58H44N4/c1-3-13-40(14-4-1)54-48-19-7-10-20-51(48)60-56-49(54)33-29-41-30-36-50(59-55(41)56)39-25-23-37(24-26-39)38-27-31-43(32-28-38)62-53-22-12-9-18-45(53)47-35-34-46-44-17-8-11-21-52(44)61(57(46)58(47)62)42-15-5-2-6-16-42/h1-6,8-9,11-23,25,27-29,31-35,45,53H,7,10,24,26,30,36H2. The Balaban J connectivity index is 0.864. The predicted octanol–water partition coefficient (Wildman–Crippen LogP) is 12.9. The van der Waals surface area contributed by atoms with Crippen LogP contribution in [0.3, 0.4) is 0 Å². The second-order valence-electron chi connectivity index (χ2n) is 17.3. The Labute approximate surface area is 361 Å². The van der Waals surface area contributed by atoms with E-state index in [1.807, 2.05) is 0 Å². The van der Waals surface area contributed by atoms with Crippen molar-refractivity contribution in [3.63, 3.8) is 0 Å². The Bertz CT molecular complexity index is 3450. The third-order valence-electron chi connectivity index (χ3n) is 14.0. The van der Waals surface area contributed by atoms with E-state index in [2.05, 4.69) is 192 Å². The average molecular weight is 797 g/mol. The van der Waals surface area contributed by atoms with Gasteiger partial charge >= 0.3 is 0 Å². The molecule has 62 heavy (non-hydrogen) atoms. The summed E-state index contributed by atoms with van der Waals surface area (Å²) in [6.45, 7) is 0. The van der Waals surface area contributed by atoms with Gasteiger partial charge < -0.3 is 9.47 Å². The van der Waals surface area contributed by atoms with Crippen LogP contribution < -0.4 is 15.5 Å². The molecule has 0 radical (unpaired) electrons. The highest BCUT2D eigenvalue weighted by Crippen LogP contribution is 2.53. The Morgan fingerprint density at radius 3 is 2.18 bits per heavy atom. The molecule has 8 aromatic rings. The van der Waals surface area contributed by atoms with E-state index in [4.69, 9.17) is 9.98 Å². The van der Waals surface area contributed by atoms with Gasteiger partial charge in [-0.3, -0.25) is 4.99 Å². The van der Waals surface area contributed by atoms with Gasteiger partial charge in [0.05, 0.1) is 39.3 Å². The van der Waals surface area contributed by atoms with Crippen molar-refractivity contribution in [3.05, 3.63) is 203 Å². The lowest BCUT2D eigenvalue weighted by atomic mass is 9.87. The van der Waals surface area contributed by atoms with Gasteiger partial charge in [-0.15, -0.1) is 0 Å². The number of para-hydroxylation sites is 2. The van der Waals surface area contributed by atoms with Crippen LogP contribution in [0.4, 0.5) is 17.1 Å². The fourth-order valence-electron chi connectivity index (χ4n) is 11.1. The Kier molecular flexibility index (Phi) is 8.09. The number of hydrogen-bond acceptors (Lipinski definition) is 3. The number of nitrogens with zero attached hydrogens (tertiary/aromatic N) is 4. The van der Waals surface area contributed by atoms with Crippen molar-refractivity contribution in [3.8, 4) is 16.8 Å². The number of anilines is 2. The summed E-state index contributed by atoms with van der Waals surface area (Å²) in [5.74, 6) is 0.280. The van der Waals surface area contributed by atoms with E-state index in [0.717, 1.165) is 55.1 Å². The molecule has 6 aromatic carbocycles. The number of aromatic nitrogens is 2. The normalized spacial score (nSPS) is 18.6. The molecule has 0 N–H and O–H groups in total. The molecule has 2 atom stereocenters. The summed E-state index contributed by atoms with van der Waals surface area (Å²) in [6.07, 6.45) is 24.6. The number of aryl methyl sites for hydroxylation is 1. The molecule has 4 heterocycles. The summed E-state index contributed by atoms with van der Waals surface area (Å²) in [5.41, 5.74) is 18.7. The van der Waals surface area contributed by atoms with Gasteiger partial charge in [-0.1, -0.05) is 152 Å². The average Bonchev–Trinajstić information content (AvgIpc) is 3.87. The van der Waals surface area contributed by atoms with Gasteiger partial charge in [0.25, 0.3) is 0 Å². The first-order valence-corrected chi connectivity index (χ1v) is 22.3. The van der Waals surface area contributed by atoms with Crippen LogP contribution in [0.25, 0.3) is 67.2 Å². The van der Waals surface area contributed by atoms with Crippen LogP contribution in [0.1, 0.15) is 54.7 Å². The zero-order valence-corrected chi connectivity index (χ0v) is 34.5. The zero-order valence-electron chi connectivity index (χ0n) is 34.5. The van der Waals surface area contributed by atoms with Crippen LogP contribution in [0.2, 0.25) is 0 Å². The van der Waals surface area contributed by atoms with Gasteiger partial charge in [-0.2, -0.15) is 0 Å². The maximum Gasteiger partial charge on any atom is 0.0975 e. The fraction of sp³-hybridized carbons (Fsp3) is 0.138. The van der Waals surface area contributed by atoms with Crippen LogP contribution in [0.15, 0.2) is 180 Å². The van der Waals surface area contributed by atoms with E-state index in [1.165, 1.54) is 94.1 Å². The van der Waals surface area contributed by atoms with E-state index >= 15 is 0 Å². The lowest BCUT2D eigenvalue weighted by Crippen LogP contribution is -2.32. The number of aliphatic imine (C=N–C) groups is 1. The zero-order chi connectivity index (χ0) is 40.7. The SMILES string of the molecule is C1=CC2c3ccc4c5ccccc5n(-c5ccccc5)c4c3N(c3ccc(C4=CC=C(C5=Nc6c(ccc7c(-c8ccccc8)c8c(nc67)=CCCC=8)CC5)CC4)cc3)C2C=C1. The highest BCUT2D eigenvalue weighted by atomic mass is 15.2. The summed E-state index contributed by atoms with van der Waals surface area (Å²) >= 11 is 0. The van der Waals surface area contributed by atoms with Crippen molar-refractivity contribution in [2.45, 2.75) is 50.5 Å². The Morgan fingerprint density at radius 1 is 0.565 bits per heavy atom. The van der Waals surface area contributed by atoms with Gasteiger partial charge in [0.15, 0.2) is 0 Å². The molecule has 13 rings (SSSR count). The predicted molar refractivity (Wildman–Crippen MR) is 259 cm³/mol. The highest BCUT2D eigenvalue weighted by Gasteiger charge is 2.40. The van der Waals surface area contributed by atoms with Crippen molar-refractivity contribution in [2.75, 3.05) is 4.90 Å². The second kappa shape index (κ2) is 14.1. The minimum atomic E-state index is 0.202. The maximum absolute atomic E-state index is 5.46. The molecule has 0 saturated carbocycles. The number of allylic oxidation sites excluding steroid dienone is 6. The monoisotopic (exact) mass is 796 g/mol. The third-order valence-corrected chi connectivity index (χ3v) is 14.0. The minimum Gasteiger partial charge on any atom is -0.332 e. The quantitative estimate of drug-likeness (QED) is 0.174. The van der Waals surface area contributed by atoms with Crippen LogP contribution in [0.5, 0.6) is 0 Å². The molecule has 0 fully saturated rings. The summed E-state index contributed by atoms with van der Waals surface area (Å²) in [4.78, 5) is 13.4. The van der Waals surface area contributed by atoms with Crippen molar-refractivity contribution < 1.29 is 0 Å². The second-order valence-corrected chi connectivity index (χ2v) is 17.3. The molecule has 0 saturated heterocycles. The van der Waals surface area contributed by atoms with E-state index in [0.29, 0.717) is 0 Å². The van der Waals surface area contributed by atoms with Crippen molar-refractivity contribution >= 4 is 73.2 Å². The molecule has 0 spiro atoms. The Morgan fingerprint density at radius 2 is 1.32 bits per heavy atom. The van der Waals surface area contributed by atoms with E-state index < -0.39 is 0 Å². The van der Waals surface area contributed by atoms with Gasteiger partial charge in [-0.05, 0) is 102 Å². The molecule has 4 nitrogen and oxygen atoms in total. The summed E-state index contributed by atoms with van der Waals surface area (Å²) < 4.78 is 2.48. The van der Waals surface area contributed by atoms with E-state index in [1.54, 1.807) is 0 Å². The maximum atomic E-state index is 5.46. The number of fused-ring (bicyclic) bond motifs is 11. The molecule has 2 aliphatic heterocycles. The molecule has 3 aliphatic carbocycles. The molecular weight excluding hydrogens is 753 g/mol. The van der Waals surface area contributed by atoms with Crippen molar-refractivity contribution in [1.29, 1.82) is 0 Å². The number of benzene rings is 6. The van der Waals surface area contributed by atoms with Gasteiger partial charge in [-0.25, -0.2) is 4.98 Å². The van der Waals surface area contributed by atoms with Crippen molar-refractivity contribution in [1.82, 2.24) is 9.55 Å². The summed E-state index contributed by atoms with van der Waals surface area (Å²) in [6, 6.07) is 49.4. The number of rotatable bonds is 5. The molecule has 296 valence electrons. The molecule has 5 aliphatic rings. The molecule has 2 aromatic heterocycles. The van der Waals surface area contributed by atoms with Gasteiger partial charge in [0, 0.05) is 49.9 Å². The van der Waals surface area contributed by atoms with Crippen molar-refractivity contribution in [2.24, 2.45) is 4.99 Å². The van der Waals surface area contributed by atoms with E-state index in [-0.39, 0.29) is 12.0 Å². The molecule has 0 bridgehead atoms. The largest absolute Gasteiger partial charge is 0.332 e. The Hall–Kier alpha value is -7.30. The fourth-order valence-corrected chi connectivity index (χ4v) is 11.1. The molecule has 0 amide bonds. The third kappa shape index (κ3) is 5.45.